The fourth-order valence-electron chi connectivity index (χ4n) is 3.11. The van der Waals surface area contributed by atoms with Gasteiger partial charge >= 0.3 is 0 Å². The van der Waals surface area contributed by atoms with E-state index in [0.717, 1.165) is 45.7 Å². The summed E-state index contributed by atoms with van der Waals surface area (Å²) in [6.07, 6.45) is 1.81. The van der Waals surface area contributed by atoms with Gasteiger partial charge in [0.2, 0.25) is 10.0 Å². The highest BCUT2D eigenvalue weighted by Gasteiger charge is 2.27. The van der Waals surface area contributed by atoms with E-state index in [1.165, 1.54) is 16.4 Å². The first-order valence-electron chi connectivity index (χ1n) is 8.76. The number of nitrogens with one attached hydrogen (secondary N) is 1. The number of hydrogen-bond donors (Lipinski definition) is 1. The molecule has 0 saturated carbocycles. The van der Waals surface area contributed by atoms with Crippen molar-refractivity contribution in [2.45, 2.75) is 17.7 Å². The average molecular weight is 367 g/mol. The van der Waals surface area contributed by atoms with Crippen LogP contribution in [0.2, 0.25) is 0 Å². The highest BCUT2D eigenvalue weighted by Crippen LogP contribution is 2.21. The molecule has 2 fully saturated rings. The van der Waals surface area contributed by atoms with Gasteiger partial charge in [-0.2, -0.15) is 4.31 Å². The lowest BCUT2D eigenvalue weighted by Crippen LogP contribution is -2.41. The first-order valence-corrected chi connectivity index (χ1v) is 10.2. The summed E-state index contributed by atoms with van der Waals surface area (Å²) in [5.74, 6) is -0.182. The third kappa shape index (κ3) is 4.58. The molecule has 0 aliphatic carbocycles. The van der Waals surface area contributed by atoms with Crippen LogP contribution in [-0.4, -0.2) is 76.0 Å². The van der Waals surface area contributed by atoms with Crippen molar-refractivity contribution in [3.05, 3.63) is 29.8 Å². The number of rotatable bonds is 6. The highest BCUT2D eigenvalue weighted by molar-refractivity contribution is 7.89. The third-order valence-corrected chi connectivity index (χ3v) is 6.55. The summed E-state index contributed by atoms with van der Waals surface area (Å²) in [6.45, 7) is 5.75. The van der Waals surface area contributed by atoms with Crippen molar-refractivity contribution >= 4 is 15.9 Å². The molecule has 1 N–H and O–H groups in total. The van der Waals surface area contributed by atoms with Gasteiger partial charge in [0.15, 0.2) is 0 Å². The van der Waals surface area contributed by atoms with E-state index in [1.807, 2.05) is 0 Å². The van der Waals surface area contributed by atoms with Crippen LogP contribution in [0.1, 0.15) is 23.2 Å². The Balaban J connectivity index is 1.53. The maximum Gasteiger partial charge on any atom is 0.251 e. The Kier molecular flexibility index (Phi) is 6.06. The lowest BCUT2D eigenvalue weighted by molar-refractivity contribution is 0.0383. The lowest BCUT2D eigenvalue weighted by atomic mass is 10.2. The summed E-state index contributed by atoms with van der Waals surface area (Å²) in [7, 11) is -3.43. The zero-order valence-corrected chi connectivity index (χ0v) is 15.1. The van der Waals surface area contributed by atoms with Gasteiger partial charge in [-0.15, -0.1) is 0 Å². The van der Waals surface area contributed by atoms with Gasteiger partial charge in [0, 0.05) is 44.8 Å². The zero-order chi connectivity index (χ0) is 17.7. The van der Waals surface area contributed by atoms with Gasteiger partial charge in [-0.05, 0) is 37.1 Å². The number of ether oxygens (including phenoxy) is 1. The van der Waals surface area contributed by atoms with E-state index in [0.29, 0.717) is 25.2 Å². The van der Waals surface area contributed by atoms with E-state index in [-0.39, 0.29) is 10.8 Å². The molecule has 2 aliphatic heterocycles. The van der Waals surface area contributed by atoms with Crippen LogP contribution in [0.5, 0.6) is 0 Å². The van der Waals surface area contributed by atoms with Crippen molar-refractivity contribution in [1.82, 2.24) is 14.5 Å². The van der Waals surface area contributed by atoms with Gasteiger partial charge in [-0.3, -0.25) is 9.69 Å². The monoisotopic (exact) mass is 367 g/mol. The predicted molar refractivity (Wildman–Crippen MR) is 94.0 cm³/mol. The summed E-state index contributed by atoms with van der Waals surface area (Å²) in [5, 5.41) is 2.88. The lowest BCUT2D eigenvalue weighted by Gasteiger charge is -2.26. The molecule has 0 spiro atoms. The van der Waals surface area contributed by atoms with Gasteiger partial charge in [-0.25, -0.2) is 8.42 Å². The fraction of sp³-hybridized carbons (Fsp3) is 0.588. The number of nitrogens with zero attached hydrogens (tertiary/aromatic N) is 2. The van der Waals surface area contributed by atoms with E-state index < -0.39 is 10.0 Å². The second kappa shape index (κ2) is 8.27. The Hall–Kier alpha value is -1.48. The van der Waals surface area contributed by atoms with Crippen LogP contribution in [0.25, 0.3) is 0 Å². The highest BCUT2D eigenvalue weighted by atomic mass is 32.2. The van der Waals surface area contributed by atoms with Gasteiger partial charge in [-0.1, -0.05) is 0 Å². The van der Waals surface area contributed by atoms with Crippen LogP contribution >= 0.6 is 0 Å². The molecule has 138 valence electrons. The molecule has 0 unspecified atom stereocenters. The minimum absolute atomic E-state index is 0.182. The standard InChI is InChI=1S/C17H25N3O4S/c21-17(18-7-10-19-11-13-24-14-12-19)15-3-5-16(6-4-15)25(22,23)20-8-1-2-9-20/h3-6H,1-2,7-14H2,(H,18,21). The molecule has 0 atom stereocenters. The molecule has 2 saturated heterocycles. The Morgan fingerprint density at radius 3 is 2.32 bits per heavy atom. The second-order valence-corrected chi connectivity index (χ2v) is 8.28. The Bertz CT molecular complexity index is 678. The third-order valence-electron chi connectivity index (χ3n) is 4.64. The fourth-order valence-corrected chi connectivity index (χ4v) is 4.63. The summed E-state index contributed by atoms with van der Waals surface area (Å²) in [5.41, 5.74) is 0.474. The predicted octanol–water partition coefficient (Wildman–Crippen LogP) is 0.533. The Morgan fingerprint density at radius 2 is 1.68 bits per heavy atom. The molecule has 8 heteroatoms. The van der Waals surface area contributed by atoms with Crippen molar-refractivity contribution in [1.29, 1.82) is 0 Å². The van der Waals surface area contributed by atoms with Gasteiger partial charge in [0.25, 0.3) is 5.91 Å². The van der Waals surface area contributed by atoms with Crippen LogP contribution in [0.15, 0.2) is 29.2 Å². The number of hydrogen-bond acceptors (Lipinski definition) is 5. The minimum Gasteiger partial charge on any atom is -0.379 e. The smallest absolute Gasteiger partial charge is 0.251 e. The van der Waals surface area contributed by atoms with Crippen LogP contribution in [0.4, 0.5) is 0 Å². The second-order valence-electron chi connectivity index (χ2n) is 6.35. The quantitative estimate of drug-likeness (QED) is 0.794. The van der Waals surface area contributed by atoms with Crippen LogP contribution in [-0.2, 0) is 14.8 Å². The molecule has 7 nitrogen and oxygen atoms in total. The van der Waals surface area contributed by atoms with E-state index in [1.54, 1.807) is 12.1 Å². The molecule has 0 aromatic heterocycles. The largest absolute Gasteiger partial charge is 0.379 e. The number of sulfonamides is 1. The summed E-state index contributed by atoms with van der Waals surface area (Å²) < 4.78 is 31.7. The molecular weight excluding hydrogens is 342 g/mol. The van der Waals surface area contributed by atoms with Gasteiger partial charge in [0.1, 0.15) is 0 Å². The van der Waals surface area contributed by atoms with E-state index in [4.69, 9.17) is 4.74 Å². The maximum absolute atomic E-state index is 12.5. The average Bonchev–Trinajstić information content (AvgIpc) is 3.18. The molecule has 25 heavy (non-hydrogen) atoms. The molecule has 1 aromatic carbocycles. The zero-order valence-electron chi connectivity index (χ0n) is 14.3. The van der Waals surface area contributed by atoms with E-state index in [9.17, 15) is 13.2 Å². The summed E-state index contributed by atoms with van der Waals surface area (Å²) >= 11 is 0. The van der Waals surface area contributed by atoms with Crippen molar-refractivity contribution in [2.75, 3.05) is 52.5 Å². The summed E-state index contributed by atoms with van der Waals surface area (Å²) in [6, 6.07) is 6.19. The number of amides is 1. The minimum atomic E-state index is -3.43. The number of carbonyl (C=O) groups is 1. The van der Waals surface area contributed by atoms with Gasteiger partial charge in [0.05, 0.1) is 18.1 Å². The number of benzene rings is 1. The van der Waals surface area contributed by atoms with E-state index in [2.05, 4.69) is 10.2 Å². The first-order chi connectivity index (χ1) is 12.1. The molecule has 2 heterocycles. The van der Waals surface area contributed by atoms with Gasteiger partial charge < -0.3 is 10.1 Å². The molecule has 2 aliphatic rings. The normalized spacial score (nSPS) is 19.8. The SMILES string of the molecule is O=C(NCCN1CCOCC1)c1ccc(S(=O)(=O)N2CCCC2)cc1. The molecule has 0 radical (unpaired) electrons. The maximum atomic E-state index is 12.5. The first kappa shape index (κ1) is 18.3. The molecule has 0 bridgehead atoms. The van der Waals surface area contributed by atoms with Crippen LogP contribution in [0.3, 0.4) is 0 Å². The van der Waals surface area contributed by atoms with Crippen molar-refractivity contribution in [3.8, 4) is 0 Å². The molecule has 3 rings (SSSR count). The molecule has 1 aromatic rings. The summed E-state index contributed by atoms with van der Waals surface area (Å²) in [4.78, 5) is 14.7. The topological polar surface area (TPSA) is 79.0 Å². The Morgan fingerprint density at radius 1 is 1.04 bits per heavy atom. The van der Waals surface area contributed by atoms with Crippen molar-refractivity contribution in [2.24, 2.45) is 0 Å². The van der Waals surface area contributed by atoms with Crippen LogP contribution in [0, 0.1) is 0 Å². The number of morpholine rings is 1. The van der Waals surface area contributed by atoms with Crippen molar-refractivity contribution < 1.29 is 17.9 Å². The Labute approximate surface area is 149 Å². The van der Waals surface area contributed by atoms with Crippen LogP contribution < -0.4 is 5.32 Å². The van der Waals surface area contributed by atoms with E-state index >= 15 is 0 Å². The number of carbonyl (C=O) groups excluding carboxylic acids is 1. The van der Waals surface area contributed by atoms with Crippen molar-refractivity contribution in [3.63, 3.8) is 0 Å². The molecule has 1 amide bonds. The molecular formula is C17H25N3O4S.